The summed E-state index contributed by atoms with van der Waals surface area (Å²) in [7, 11) is 0. The van der Waals surface area contributed by atoms with Gasteiger partial charge in [0.2, 0.25) is 0 Å². The van der Waals surface area contributed by atoms with Gasteiger partial charge in [0.25, 0.3) is 0 Å². The molecule has 0 saturated heterocycles. The molecule has 0 aromatic heterocycles. The molecule has 2 unspecified atom stereocenters. The van der Waals surface area contributed by atoms with Crippen molar-refractivity contribution in [3.05, 3.63) is 52.9 Å². The normalized spacial score (nSPS) is 16.2. The lowest BCUT2D eigenvalue weighted by Crippen LogP contribution is -2.35. The number of hydrogen-bond acceptors (Lipinski definition) is 4. The molecule has 0 bridgehead atoms. The lowest BCUT2D eigenvalue weighted by atomic mass is 9.95. The molecule has 1 N–H and O–H groups in total. The SMILES string of the molecule is C=CC(CC(O)C(C)C)OC(=O)[C@](C)(N=[N+]=[N-])c1ccc[cH-]1. The van der Waals surface area contributed by atoms with Crippen LogP contribution in [0.4, 0.5) is 0 Å². The molecule has 0 amide bonds. The number of esters is 1. The Morgan fingerprint density at radius 1 is 1.68 bits per heavy atom. The summed E-state index contributed by atoms with van der Waals surface area (Å²) < 4.78 is 5.38. The molecule has 0 saturated carbocycles. The van der Waals surface area contributed by atoms with Crippen molar-refractivity contribution < 1.29 is 14.6 Å². The van der Waals surface area contributed by atoms with Crippen LogP contribution in [0.2, 0.25) is 0 Å². The Hall–Kier alpha value is -2.17. The molecule has 120 valence electrons. The van der Waals surface area contributed by atoms with Gasteiger partial charge in [-0.2, -0.15) is 12.1 Å². The number of nitrogens with zero attached hydrogens (tertiary/aromatic N) is 3. The van der Waals surface area contributed by atoms with E-state index in [1.54, 1.807) is 24.3 Å². The van der Waals surface area contributed by atoms with E-state index in [-0.39, 0.29) is 12.3 Å². The minimum absolute atomic E-state index is 0.0414. The number of carbonyl (C=O) groups is 1. The number of hydrogen-bond donors (Lipinski definition) is 1. The van der Waals surface area contributed by atoms with E-state index in [0.29, 0.717) is 5.56 Å². The Balaban J connectivity index is 2.91. The Bertz CT molecular complexity index is 547. The van der Waals surface area contributed by atoms with Crippen molar-refractivity contribution in [2.75, 3.05) is 0 Å². The first kappa shape index (κ1) is 17.9. The molecule has 3 atom stereocenters. The minimum atomic E-state index is -1.44. The van der Waals surface area contributed by atoms with Gasteiger partial charge < -0.3 is 9.84 Å². The summed E-state index contributed by atoms with van der Waals surface area (Å²) in [5.41, 5.74) is 7.87. The van der Waals surface area contributed by atoms with Gasteiger partial charge in [0.1, 0.15) is 11.6 Å². The summed E-state index contributed by atoms with van der Waals surface area (Å²) in [4.78, 5) is 15.2. The van der Waals surface area contributed by atoms with E-state index in [1.807, 2.05) is 13.8 Å². The van der Waals surface area contributed by atoms with Crippen LogP contribution in [-0.4, -0.2) is 23.3 Å². The fraction of sp³-hybridized carbons (Fsp3) is 0.500. The third-order valence-electron chi connectivity index (χ3n) is 3.63. The van der Waals surface area contributed by atoms with Crippen LogP contribution in [0.1, 0.15) is 32.8 Å². The van der Waals surface area contributed by atoms with Crippen LogP contribution in [0.25, 0.3) is 10.4 Å². The highest BCUT2D eigenvalue weighted by Crippen LogP contribution is 2.29. The number of azide groups is 1. The van der Waals surface area contributed by atoms with Gasteiger partial charge in [-0.25, -0.2) is 12.1 Å². The van der Waals surface area contributed by atoms with Crippen molar-refractivity contribution in [1.29, 1.82) is 0 Å². The van der Waals surface area contributed by atoms with Crippen LogP contribution in [0.15, 0.2) is 42.0 Å². The molecule has 1 rings (SSSR count). The number of aliphatic hydroxyl groups is 1. The average Bonchev–Trinajstić information content (AvgIpc) is 3.00. The van der Waals surface area contributed by atoms with Gasteiger partial charge >= 0.3 is 5.97 Å². The van der Waals surface area contributed by atoms with Gasteiger partial charge in [-0.3, -0.25) is 4.79 Å². The molecule has 0 fully saturated rings. The molecular weight excluding hydrogens is 282 g/mol. The topological polar surface area (TPSA) is 95.3 Å². The fourth-order valence-electron chi connectivity index (χ4n) is 1.96. The second-order valence-corrected chi connectivity index (χ2v) is 5.66. The highest BCUT2D eigenvalue weighted by Gasteiger charge is 2.35. The van der Waals surface area contributed by atoms with E-state index >= 15 is 0 Å². The molecule has 1 aromatic rings. The Labute approximate surface area is 130 Å². The molecule has 0 spiro atoms. The van der Waals surface area contributed by atoms with Gasteiger partial charge in [0.05, 0.1) is 6.10 Å². The van der Waals surface area contributed by atoms with Crippen molar-refractivity contribution in [1.82, 2.24) is 0 Å². The third-order valence-corrected chi connectivity index (χ3v) is 3.63. The van der Waals surface area contributed by atoms with E-state index in [0.717, 1.165) is 0 Å². The standard InChI is InChI=1S/C16H22N3O3/c1-5-13(10-14(20)11(2)3)22-15(21)16(4,18-19-17)12-8-6-7-9-12/h5-9,11,13-14,20H,1,10H2,2-4H3/q-1/t13?,14?,16-/m1/s1. The number of ether oxygens (including phenoxy) is 1. The van der Waals surface area contributed by atoms with Crippen LogP contribution >= 0.6 is 0 Å². The fourth-order valence-corrected chi connectivity index (χ4v) is 1.96. The van der Waals surface area contributed by atoms with E-state index < -0.39 is 23.7 Å². The van der Waals surface area contributed by atoms with Gasteiger partial charge in [-0.05, 0) is 18.4 Å². The van der Waals surface area contributed by atoms with Crippen LogP contribution in [0, 0.1) is 5.92 Å². The first-order valence-corrected chi connectivity index (χ1v) is 7.15. The van der Waals surface area contributed by atoms with Crippen LogP contribution in [-0.2, 0) is 15.1 Å². The molecule has 0 heterocycles. The zero-order valence-corrected chi connectivity index (χ0v) is 13.1. The van der Waals surface area contributed by atoms with Gasteiger partial charge in [-0.15, -0.1) is 5.56 Å². The zero-order chi connectivity index (χ0) is 16.8. The Morgan fingerprint density at radius 3 is 2.82 bits per heavy atom. The summed E-state index contributed by atoms with van der Waals surface area (Å²) in [5.74, 6) is -0.628. The average molecular weight is 304 g/mol. The highest BCUT2D eigenvalue weighted by molar-refractivity contribution is 5.82. The van der Waals surface area contributed by atoms with Crippen LogP contribution in [0.3, 0.4) is 0 Å². The van der Waals surface area contributed by atoms with Crippen molar-refractivity contribution in [3.8, 4) is 0 Å². The second-order valence-electron chi connectivity index (χ2n) is 5.66. The predicted octanol–water partition coefficient (Wildman–Crippen LogP) is 3.44. The largest absolute Gasteiger partial charge is 0.457 e. The maximum atomic E-state index is 12.5. The van der Waals surface area contributed by atoms with E-state index in [2.05, 4.69) is 16.6 Å². The molecule has 0 aliphatic rings. The maximum absolute atomic E-state index is 12.5. The molecule has 22 heavy (non-hydrogen) atoms. The molecule has 6 nitrogen and oxygen atoms in total. The number of aliphatic hydroxyl groups excluding tert-OH is 1. The summed E-state index contributed by atoms with van der Waals surface area (Å²) in [5, 5.41) is 13.5. The summed E-state index contributed by atoms with van der Waals surface area (Å²) in [6.07, 6.45) is 0.458. The van der Waals surface area contributed by atoms with Gasteiger partial charge in [-0.1, -0.05) is 31.6 Å². The smallest absolute Gasteiger partial charge is 0.320 e. The first-order chi connectivity index (χ1) is 10.3. The van der Waals surface area contributed by atoms with E-state index in [4.69, 9.17) is 10.3 Å². The Morgan fingerprint density at radius 2 is 2.36 bits per heavy atom. The predicted molar refractivity (Wildman–Crippen MR) is 84.1 cm³/mol. The molecule has 0 aliphatic heterocycles. The molecule has 0 radical (unpaired) electrons. The zero-order valence-electron chi connectivity index (χ0n) is 13.1. The van der Waals surface area contributed by atoms with Crippen molar-refractivity contribution >= 4 is 5.97 Å². The quantitative estimate of drug-likeness (QED) is 0.199. The number of carbonyl (C=O) groups excluding carboxylic acids is 1. The highest BCUT2D eigenvalue weighted by atomic mass is 16.5. The number of rotatable bonds is 8. The first-order valence-electron chi connectivity index (χ1n) is 7.15. The molecule has 6 heteroatoms. The minimum Gasteiger partial charge on any atom is -0.457 e. The summed E-state index contributed by atoms with van der Waals surface area (Å²) in [6.45, 7) is 8.88. The third kappa shape index (κ3) is 4.16. The molecule has 0 aliphatic carbocycles. The molecular formula is C16H22N3O3-. The lowest BCUT2D eigenvalue weighted by molar-refractivity contribution is -0.154. The van der Waals surface area contributed by atoms with Crippen LogP contribution in [0.5, 0.6) is 0 Å². The van der Waals surface area contributed by atoms with Crippen molar-refractivity contribution in [2.45, 2.75) is 44.9 Å². The molecule has 1 aromatic carbocycles. The van der Waals surface area contributed by atoms with Crippen molar-refractivity contribution in [3.63, 3.8) is 0 Å². The Kier molecular flexibility index (Phi) is 6.28. The van der Waals surface area contributed by atoms with E-state index in [1.165, 1.54) is 13.0 Å². The van der Waals surface area contributed by atoms with E-state index in [9.17, 15) is 9.90 Å². The summed E-state index contributed by atoms with van der Waals surface area (Å²) >= 11 is 0. The second kappa shape index (κ2) is 7.73. The van der Waals surface area contributed by atoms with Gasteiger partial charge in [0.15, 0.2) is 0 Å². The van der Waals surface area contributed by atoms with Crippen LogP contribution < -0.4 is 0 Å². The monoisotopic (exact) mass is 304 g/mol. The van der Waals surface area contributed by atoms with Gasteiger partial charge in [0, 0.05) is 11.3 Å². The lowest BCUT2D eigenvalue weighted by Gasteiger charge is -2.28. The van der Waals surface area contributed by atoms with Crippen molar-refractivity contribution in [2.24, 2.45) is 11.0 Å². The summed E-state index contributed by atoms with van der Waals surface area (Å²) in [6, 6.07) is 6.89. The maximum Gasteiger partial charge on any atom is 0.320 e.